The summed E-state index contributed by atoms with van der Waals surface area (Å²) >= 11 is 0. The van der Waals surface area contributed by atoms with Crippen LogP contribution in [0.2, 0.25) is 0 Å². The Morgan fingerprint density at radius 1 is 1.22 bits per heavy atom. The van der Waals surface area contributed by atoms with Crippen LogP contribution in [0.3, 0.4) is 0 Å². The van der Waals surface area contributed by atoms with Crippen LogP contribution in [0.1, 0.15) is 35.2 Å². The van der Waals surface area contributed by atoms with Crippen LogP contribution in [-0.2, 0) is 4.79 Å². The minimum atomic E-state index is -0.907. The van der Waals surface area contributed by atoms with Gasteiger partial charge < -0.3 is 10.0 Å². The Morgan fingerprint density at radius 3 is 2.50 bits per heavy atom. The maximum Gasteiger partial charge on any atom is 0.326 e. The number of benzene rings is 1. The summed E-state index contributed by atoms with van der Waals surface area (Å²) in [6, 6.07) is 6.57. The molecule has 1 aromatic carbocycles. The normalized spacial score (nSPS) is 19.6. The summed E-state index contributed by atoms with van der Waals surface area (Å²) < 4.78 is 0. The topological polar surface area (TPSA) is 57.6 Å². The molecule has 0 radical (unpaired) electrons. The summed E-state index contributed by atoms with van der Waals surface area (Å²) in [5.74, 6) is -1.09. The lowest BCUT2D eigenvalue weighted by Gasteiger charge is -2.33. The zero-order chi connectivity index (χ0) is 13.1. The second kappa shape index (κ2) is 5.21. The Morgan fingerprint density at radius 2 is 1.89 bits per heavy atom. The summed E-state index contributed by atoms with van der Waals surface area (Å²) in [4.78, 5) is 24.9. The van der Waals surface area contributed by atoms with Crippen molar-refractivity contribution >= 4 is 11.9 Å². The first-order valence-electron chi connectivity index (χ1n) is 6.20. The molecular formula is C14H17NO3. The maximum absolute atomic E-state index is 12.3. The SMILES string of the molecule is Cc1ccc(C(=O)N2CCCC[C@H]2C(=O)O)cc1. The molecule has 96 valence electrons. The van der Waals surface area contributed by atoms with E-state index >= 15 is 0 Å². The highest BCUT2D eigenvalue weighted by Gasteiger charge is 2.32. The minimum absolute atomic E-state index is 0.179. The van der Waals surface area contributed by atoms with Gasteiger partial charge in [-0.3, -0.25) is 4.79 Å². The zero-order valence-electron chi connectivity index (χ0n) is 10.4. The van der Waals surface area contributed by atoms with E-state index in [0.717, 1.165) is 18.4 Å². The van der Waals surface area contributed by atoms with E-state index in [9.17, 15) is 9.59 Å². The molecule has 1 amide bonds. The number of hydrogen-bond acceptors (Lipinski definition) is 2. The molecular weight excluding hydrogens is 230 g/mol. The number of carbonyl (C=O) groups is 2. The third-order valence-electron chi connectivity index (χ3n) is 3.35. The van der Waals surface area contributed by atoms with Gasteiger partial charge in [0.1, 0.15) is 6.04 Å². The molecule has 1 atom stereocenters. The number of hydrogen-bond donors (Lipinski definition) is 1. The van der Waals surface area contributed by atoms with Gasteiger partial charge >= 0.3 is 5.97 Å². The van der Waals surface area contributed by atoms with Crippen molar-refractivity contribution in [1.82, 2.24) is 4.90 Å². The van der Waals surface area contributed by atoms with E-state index in [4.69, 9.17) is 5.11 Å². The first kappa shape index (κ1) is 12.6. The lowest BCUT2D eigenvalue weighted by molar-refractivity contribution is -0.143. The molecule has 1 saturated heterocycles. The van der Waals surface area contributed by atoms with Gasteiger partial charge in [0.2, 0.25) is 0 Å². The average molecular weight is 247 g/mol. The number of likely N-dealkylation sites (tertiary alicyclic amines) is 1. The fourth-order valence-corrected chi connectivity index (χ4v) is 2.29. The van der Waals surface area contributed by atoms with E-state index in [0.29, 0.717) is 18.5 Å². The summed E-state index contributed by atoms with van der Waals surface area (Å²) in [5.41, 5.74) is 1.65. The van der Waals surface area contributed by atoms with Crippen molar-refractivity contribution in [2.75, 3.05) is 6.54 Å². The quantitative estimate of drug-likeness (QED) is 0.870. The van der Waals surface area contributed by atoms with Crippen molar-refractivity contribution < 1.29 is 14.7 Å². The van der Waals surface area contributed by atoms with Gasteiger partial charge in [-0.05, 0) is 38.3 Å². The summed E-state index contributed by atoms with van der Waals surface area (Å²) in [7, 11) is 0. The molecule has 1 aliphatic rings. The molecule has 0 aliphatic carbocycles. The molecule has 0 saturated carbocycles. The number of aliphatic carboxylic acids is 1. The van der Waals surface area contributed by atoms with Crippen LogP contribution in [0.25, 0.3) is 0 Å². The second-order valence-electron chi connectivity index (χ2n) is 4.71. The van der Waals surface area contributed by atoms with E-state index in [-0.39, 0.29) is 5.91 Å². The van der Waals surface area contributed by atoms with Gasteiger partial charge in [0, 0.05) is 12.1 Å². The Balaban J connectivity index is 2.20. The van der Waals surface area contributed by atoms with E-state index in [1.54, 1.807) is 12.1 Å². The predicted octanol–water partition coefficient (Wildman–Crippen LogP) is 2.07. The number of piperidine rings is 1. The molecule has 0 unspecified atom stereocenters. The highest BCUT2D eigenvalue weighted by atomic mass is 16.4. The predicted molar refractivity (Wildman–Crippen MR) is 67.5 cm³/mol. The molecule has 4 heteroatoms. The Hall–Kier alpha value is -1.84. The standard InChI is InChI=1S/C14H17NO3/c1-10-5-7-11(8-6-10)13(16)15-9-3-2-4-12(15)14(17)18/h5-8,12H,2-4,9H2,1H3,(H,17,18)/t12-/m0/s1. The van der Waals surface area contributed by atoms with Crippen LogP contribution in [0, 0.1) is 6.92 Å². The molecule has 4 nitrogen and oxygen atoms in total. The van der Waals surface area contributed by atoms with Gasteiger partial charge in [-0.2, -0.15) is 0 Å². The lowest BCUT2D eigenvalue weighted by Crippen LogP contribution is -2.47. The van der Waals surface area contributed by atoms with E-state index in [1.807, 2.05) is 19.1 Å². The van der Waals surface area contributed by atoms with Crippen LogP contribution >= 0.6 is 0 Å². The third-order valence-corrected chi connectivity index (χ3v) is 3.35. The van der Waals surface area contributed by atoms with Gasteiger partial charge in [-0.1, -0.05) is 17.7 Å². The fourth-order valence-electron chi connectivity index (χ4n) is 2.29. The molecule has 1 heterocycles. The van der Waals surface area contributed by atoms with E-state index < -0.39 is 12.0 Å². The second-order valence-corrected chi connectivity index (χ2v) is 4.71. The molecule has 0 aromatic heterocycles. The highest BCUT2D eigenvalue weighted by molar-refractivity contribution is 5.96. The van der Waals surface area contributed by atoms with Crippen molar-refractivity contribution in [2.45, 2.75) is 32.2 Å². The summed E-state index contributed by atoms with van der Waals surface area (Å²) in [6.45, 7) is 2.49. The van der Waals surface area contributed by atoms with Crippen LogP contribution in [0.4, 0.5) is 0 Å². The number of carboxylic acid groups (broad SMARTS) is 1. The van der Waals surface area contributed by atoms with Gasteiger partial charge in [-0.15, -0.1) is 0 Å². The smallest absolute Gasteiger partial charge is 0.326 e. The molecule has 1 N–H and O–H groups in total. The molecule has 0 spiro atoms. The third kappa shape index (κ3) is 2.53. The van der Waals surface area contributed by atoms with Crippen molar-refractivity contribution in [3.63, 3.8) is 0 Å². The molecule has 1 aliphatic heterocycles. The summed E-state index contributed by atoms with van der Waals surface area (Å²) in [6.07, 6.45) is 2.29. The van der Waals surface area contributed by atoms with Crippen LogP contribution in [0.5, 0.6) is 0 Å². The number of carboxylic acids is 1. The Labute approximate surface area is 106 Å². The molecule has 0 bridgehead atoms. The van der Waals surface area contributed by atoms with E-state index in [1.165, 1.54) is 4.90 Å². The van der Waals surface area contributed by atoms with Crippen LogP contribution < -0.4 is 0 Å². The van der Waals surface area contributed by atoms with E-state index in [2.05, 4.69) is 0 Å². The highest BCUT2D eigenvalue weighted by Crippen LogP contribution is 2.20. The number of rotatable bonds is 2. The largest absolute Gasteiger partial charge is 0.480 e. The van der Waals surface area contributed by atoms with Crippen molar-refractivity contribution in [3.05, 3.63) is 35.4 Å². The molecule has 1 fully saturated rings. The fraction of sp³-hybridized carbons (Fsp3) is 0.429. The van der Waals surface area contributed by atoms with Crippen molar-refractivity contribution in [2.24, 2.45) is 0 Å². The van der Waals surface area contributed by atoms with Crippen LogP contribution in [-0.4, -0.2) is 34.5 Å². The van der Waals surface area contributed by atoms with Gasteiger partial charge in [-0.25, -0.2) is 4.79 Å². The average Bonchev–Trinajstić information content (AvgIpc) is 2.39. The number of amides is 1. The summed E-state index contributed by atoms with van der Waals surface area (Å²) in [5, 5.41) is 9.15. The lowest BCUT2D eigenvalue weighted by atomic mass is 10.0. The van der Waals surface area contributed by atoms with Gasteiger partial charge in [0.25, 0.3) is 5.91 Å². The van der Waals surface area contributed by atoms with Crippen molar-refractivity contribution in [1.29, 1.82) is 0 Å². The Kier molecular flexibility index (Phi) is 3.65. The first-order valence-corrected chi connectivity index (χ1v) is 6.20. The molecule has 1 aromatic rings. The van der Waals surface area contributed by atoms with Gasteiger partial charge in [0.05, 0.1) is 0 Å². The Bertz CT molecular complexity index is 453. The molecule has 2 rings (SSSR count). The monoisotopic (exact) mass is 247 g/mol. The maximum atomic E-state index is 12.3. The number of nitrogens with zero attached hydrogens (tertiary/aromatic N) is 1. The van der Waals surface area contributed by atoms with Gasteiger partial charge in [0.15, 0.2) is 0 Å². The molecule has 18 heavy (non-hydrogen) atoms. The number of aryl methyl sites for hydroxylation is 1. The van der Waals surface area contributed by atoms with Crippen LogP contribution in [0.15, 0.2) is 24.3 Å². The minimum Gasteiger partial charge on any atom is -0.480 e. The zero-order valence-corrected chi connectivity index (χ0v) is 10.4. The van der Waals surface area contributed by atoms with Crippen molar-refractivity contribution in [3.8, 4) is 0 Å². The number of carbonyl (C=O) groups excluding carboxylic acids is 1. The first-order chi connectivity index (χ1) is 8.59.